The lowest BCUT2D eigenvalue weighted by Crippen LogP contribution is -2.35. The number of nitrogens with zero attached hydrogens (tertiary/aromatic N) is 1. The SMILES string of the molecule is O=C(Nc1cccc(NC(=O)c2cccs2)c1)c1cccc(CN2CCOCC2)c1. The van der Waals surface area contributed by atoms with Gasteiger partial charge in [-0.15, -0.1) is 11.3 Å². The van der Waals surface area contributed by atoms with Crippen LogP contribution in [0.15, 0.2) is 66.0 Å². The molecule has 0 spiro atoms. The van der Waals surface area contributed by atoms with Crippen LogP contribution in [0.2, 0.25) is 0 Å². The molecule has 0 atom stereocenters. The summed E-state index contributed by atoms with van der Waals surface area (Å²) in [7, 11) is 0. The maximum Gasteiger partial charge on any atom is 0.265 e. The van der Waals surface area contributed by atoms with E-state index in [4.69, 9.17) is 4.74 Å². The Kier molecular flexibility index (Phi) is 6.53. The molecule has 7 heteroatoms. The number of hydrogen-bond acceptors (Lipinski definition) is 5. The Hall–Kier alpha value is -3.00. The van der Waals surface area contributed by atoms with Crippen molar-refractivity contribution in [3.05, 3.63) is 82.0 Å². The number of carbonyl (C=O) groups excluding carboxylic acids is 2. The smallest absolute Gasteiger partial charge is 0.265 e. The summed E-state index contributed by atoms with van der Waals surface area (Å²) >= 11 is 1.38. The number of ether oxygens (including phenoxy) is 1. The van der Waals surface area contributed by atoms with Crippen LogP contribution >= 0.6 is 11.3 Å². The van der Waals surface area contributed by atoms with Crippen molar-refractivity contribution in [2.24, 2.45) is 0 Å². The topological polar surface area (TPSA) is 70.7 Å². The van der Waals surface area contributed by atoms with E-state index in [0.29, 0.717) is 21.8 Å². The number of nitrogens with one attached hydrogen (secondary N) is 2. The van der Waals surface area contributed by atoms with Crippen LogP contribution in [0.1, 0.15) is 25.6 Å². The minimum absolute atomic E-state index is 0.163. The van der Waals surface area contributed by atoms with E-state index in [-0.39, 0.29) is 11.8 Å². The van der Waals surface area contributed by atoms with Gasteiger partial charge < -0.3 is 15.4 Å². The van der Waals surface area contributed by atoms with E-state index in [2.05, 4.69) is 15.5 Å². The number of rotatable bonds is 6. The van der Waals surface area contributed by atoms with Crippen molar-refractivity contribution < 1.29 is 14.3 Å². The van der Waals surface area contributed by atoms with E-state index in [1.807, 2.05) is 29.6 Å². The zero-order valence-corrected chi connectivity index (χ0v) is 17.3. The van der Waals surface area contributed by atoms with E-state index in [1.54, 1.807) is 36.4 Å². The summed E-state index contributed by atoms with van der Waals surface area (Å²) in [4.78, 5) is 27.9. The number of morpholine rings is 1. The number of thiophene rings is 1. The van der Waals surface area contributed by atoms with Crippen LogP contribution in [0.25, 0.3) is 0 Å². The highest BCUT2D eigenvalue weighted by Gasteiger charge is 2.13. The second-order valence-corrected chi connectivity index (χ2v) is 8.00. The van der Waals surface area contributed by atoms with Crippen molar-refractivity contribution in [1.82, 2.24) is 4.90 Å². The molecule has 1 saturated heterocycles. The Morgan fingerprint density at radius 3 is 2.37 bits per heavy atom. The monoisotopic (exact) mass is 421 g/mol. The van der Waals surface area contributed by atoms with E-state index < -0.39 is 0 Å². The molecule has 30 heavy (non-hydrogen) atoms. The highest BCUT2D eigenvalue weighted by atomic mass is 32.1. The molecule has 3 aromatic rings. The van der Waals surface area contributed by atoms with Gasteiger partial charge in [0.1, 0.15) is 0 Å². The average molecular weight is 422 g/mol. The molecular weight excluding hydrogens is 398 g/mol. The third-order valence-corrected chi connectivity index (χ3v) is 5.69. The quantitative estimate of drug-likeness (QED) is 0.629. The molecule has 0 saturated carbocycles. The molecule has 2 amide bonds. The first kappa shape index (κ1) is 20.3. The first-order valence-corrected chi connectivity index (χ1v) is 10.7. The highest BCUT2D eigenvalue weighted by Crippen LogP contribution is 2.19. The molecule has 6 nitrogen and oxygen atoms in total. The standard InChI is InChI=1S/C23H23N3O3S/c27-22(18-5-1-4-17(14-18)16-26-9-11-29-12-10-26)24-19-6-2-7-20(15-19)25-23(28)21-8-3-13-30-21/h1-8,13-15H,9-12,16H2,(H,24,27)(H,25,28). The normalized spacial score (nSPS) is 14.3. The molecule has 0 radical (unpaired) electrons. The lowest BCUT2D eigenvalue weighted by molar-refractivity contribution is 0.0342. The minimum atomic E-state index is -0.180. The summed E-state index contributed by atoms with van der Waals surface area (Å²) in [5.41, 5.74) is 2.96. The minimum Gasteiger partial charge on any atom is -0.379 e. The predicted octanol–water partition coefficient (Wildman–Crippen LogP) is 4.08. The van der Waals surface area contributed by atoms with E-state index in [0.717, 1.165) is 38.4 Å². The lowest BCUT2D eigenvalue weighted by atomic mass is 10.1. The van der Waals surface area contributed by atoms with Crippen molar-refractivity contribution in [1.29, 1.82) is 0 Å². The summed E-state index contributed by atoms with van der Waals surface area (Å²) in [5.74, 6) is -0.343. The molecule has 2 aromatic carbocycles. The molecule has 0 aliphatic carbocycles. The van der Waals surface area contributed by atoms with Crippen molar-refractivity contribution in [2.45, 2.75) is 6.54 Å². The Balaban J connectivity index is 1.40. The largest absolute Gasteiger partial charge is 0.379 e. The van der Waals surface area contributed by atoms with Crippen molar-refractivity contribution in [2.75, 3.05) is 36.9 Å². The van der Waals surface area contributed by atoms with Gasteiger partial charge in [-0.1, -0.05) is 24.3 Å². The fourth-order valence-corrected chi connectivity index (χ4v) is 3.93. The molecular formula is C23H23N3O3S. The summed E-state index contributed by atoms with van der Waals surface area (Å²) in [5, 5.41) is 7.63. The number of amides is 2. The van der Waals surface area contributed by atoms with Gasteiger partial charge in [-0.25, -0.2) is 0 Å². The van der Waals surface area contributed by atoms with Gasteiger partial charge >= 0.3 is 0 Å². The zero-order chi connectivity index (χ0) is 20.8. The van der Waals surface area contributed by atoms with Gasteiger partial charge in [-0.3, -0.25) is 14.5 Å². The fourth-order valence-electron chi connectivity index (χ4n) is 3.31. The molecule has 1 aromatic heterocycles. The Morgan fingerprint density at radius 1 is 0.900 bits per heavy atom. The Morgan fingerprint density at radius 2 is 1.63 bits per heavy atom. The molecule has 4 rings (SSSR count). The summed E-state index contributed by atoms with van der Waals surface area (Å²) in [6.45, 7) is 4.11. The lowest BCUT2D eigenvalue weighted by Gasteiger charge is -2.26. The third-order valence-electron chi connectivity index (χ3n) is 4.82. The number of carbonyl (C=O) groups is 2. The van der Waals surface area contributed by atoms with E-state index in [1.165, 1.54) is 11.3 Å². The maximum atomic E-state index is 12.7. The fraction of sp³-hybridized carbons (Fsp3) is 0.217. The number of benzene rings is 2. The van der Waals surface area contributed by atoms with Gasteiger partial charge in [0.15, 0.2) is 0 Å². The maximum absolute atomic E-state index is 12.7. The summed E-state index contributed by atoms with van der Waals surface area (Å²) < 4.78 is 5.39. The molecule has 0 bridgehead atoms. The Bertz CT molecular complexity index is 1010. The summed E-state index contributed by atoms with van der Waals surface area (Å²) in [6, 6.07) is 18.4. The van der Waals surface area contributed by atoms with Crippen molar-refractivity contribution in [3.63, 3.8) is 0 Å². The second kappa shape index (κ2) is 9.67. The Labute approximate surface area is 179 Å². The first-order valence-electron chi connectivity index (χ1n) is 9.83. The molecule has 154 valence electrons. The van der Waals surface area contributed by atoms with Crippen LogP contribution in [0.4, 0.5) is 11.4 Å². The van der Waals surface area contributed by atoms with Gasteiger partial charge in [0.25, 0.3) is 11.8 Å². The molecule has 1 aliphatic rings. The average Bonchev–Trinajstić information content (AvgIpc) is 3.30. The first-order chi connectivity index (χ1) is 14.7. The highest BCUT2D eigenvalue weighted by molar-refractivity contribution is 7.12. The molecule has 0 unspecified atom stereocenters. The van der Waals surface area contributed by atoms with Gasteiger partial charge in [0.05, 0.1) is 18.1 Å². The van der Waals surface area contributed by atoms with Gasteiger partial charge in [0, 0.05) is 36.6 Å². The van der Waals surface area contributed by atoms with Crippen LogP contribution in [0.3, 0.4) is 0 Å². The van der Waals surface area contributed by atoms with Crippen molar-refractivity contribution in [3.8, 4) is 0 Å². The van der Waals surface area contributed by atoms with Crippen molar-refractivity contribution >= 4 is 34.5 Å². The summed E-state index contributed by atoms with van der Waals surface area (Å²) in [6.07, 6.45) is 0. The second-order valence-electron chi connectivity index (χ2n) is 7.06. The zero-order valence-electron chi connectivity index (χ0n) is 16.5. The molecule has 1 aliphatic heterocycles. The number of anilines is 2. The van der Waals surface area contributed by atoms with Gasteiger partial charge in [0.2, 0.25) is 0 Å². The van der Waals surface area contributed by atoms with Crippen LogP contribution in [-0.4, -0.2) is 43.0 Å². The predicted molar refractivity (Wildman–Crippen MR) is 119 cm³/mol. The van der Waals surface area contributed by atoms with Crippen LogP contribution in [-0.2, 0) is 11.3 Å². The third kappa shape index (κ3) is 5.33. The van der Waals surface area contributed by atoms with Crippen LogP contribution < -0.4 is 10.6 Å². The van der Waals surface area contributed by atoms with E-state index >= 15 is 0 Å². The molecule has 2 N–H and O–H groups in total. The van der Waals surface area contributed by atoms with Gasteiger partial charge in [-0.2, -0.15) is 0 Å². The molecule has 1 fully saturated rings. The number of hydrogen-bond donors (Lipinski definition) is 2. The van der Waals surface area contributed by atoms with E-state index in [9.17, 15) is 9.59 Å². The van der Waals surface area contributed by atoms with Crippen LogP contribution in [0, 0.1) is 0 Å². The van der Waals surface area contributed by atoms with Crippen LogP contribution in [0.5, 0.6) is 0 Å². The molecule has 2 heterocycles. The van der Waals surface area contributed by atoms with Gasteiger partial charge in [-0.05, 0) is 47.3 Å².